The summed E-state index contributed by atoms with van der Waals surface area (Å²) >= 11 is 0. The molecule has 0 radical (unpaired) electrons. The number of nitriles is 1. The Morgan fingerprint density at radius 3 is 2.47 bits per heavy atom. The smallest absolute Gasteiger partial charge is 0.387 e. The van der Waals surface area contributed by atoms with Crippen molar-refractivity contribution in [2.45, 2.75) is 58.6 Å². The van der Waals surface area contributed by atoms with E-state index in [2.05, 4.69) is 16.1 Å². The van der Waals surface area contributed by atoms with Crippen molar-refractivity contribution in [1.82, 2.24) is 4.57 Å². The van der Waals surface area contributed by atoms with Crippen molar-refractivity contribution in [3.05, 3.63) is 46.6 Å². The summed E-state index contributed by atoms with van der Waals surface area (Å²) in [4.78, 5) is 24.6. The molecule has 0 bridgehead atoms. The van der Waals surface area contributed by atoms with Gasteiger partial charge in [-0.05, 0) is 49.9 Å². The standard InChI is InChI=1S/C23H25F2N3O4/c1-14-15(2)28(17-5-3-4-6-17)22(19(14)12-26)27-20(29)13-31-21(30)11-16-7-9-18(10-8-16)32-23(24)25/h7-10,17,23H,3-6,11,13H2,1-2H3,(H,27,29). The maximum absolute atomic E-state index is 12.5. The summed E-state index contributed by atoms with van der Waals surface area (Å²) in [5.74, 6) is -0.736. The maximum Gasteiger partial charge on any atom is 0.387 e. The van der Waals surface area contributed by atoms with E-state index >= 15 is 0 Å². The molecule has 0 spiro atoms. The number of amides is 1. The first-order chi connectivity index (χ1) is 15.3. The van der Waals surface area contributed by atoms with Gasteiger partial charge in [-0.2, -0.15) is 14.0 Å². The highest BCUT2D eigenvalue weighted by molar-refractivity contribution is 5.94. The molecule has 0 aliphatic heterocycles. The van der Waals surface area contributed by atoms with Crippen molar-refractivity contribution in [2.75, 3.05) is 11.9 Å². The normalized spacial score (nSPS) is 13.8. The van der Waals surface area contributed by atoms with Crippen molar-refractivity contribution < 1.29 is 27.8 Å². The number of nitrogens with one attached hydrogen (secondary N) is 1. The SMILES string of the molecule is Cc1c(C#N)c(NC(=O)COC(=O)Cc2ccc(OC(F)F)cc2)n(C2CCCC2)c1C. The Morgan fingerprint density at radius 2 is 1.88 bits per heavy atom. The Balaban J connectivity index is 1.59. The van der Waals surface area contributed by atoms with E-state index in [-0.39, 0.29) is 18.2 Å². The molecule has 1 aliphatic rings. The van der Waals surface area contributed by atoms with E-state index in [1.54, 1.807) is 0 Å². The van der Waals surface area contributed by atoms with Crippen LogP contribution in [-0.4, -0.2) is 29.7 Å². The zero-order chi connectivity index (χ0) is 23.3. The van der Waals surface area contributed by atoms with Gasteiger partial charge in [0, 0.05) is 11.7 Å². The van der Waals surface area contributed by atoms with Crippen LogP contribution in [0.5, 0.6) is 5.75 Å². The lowest BCUT2D eigenvalue weighted by atomic mass is 10.1. The van der Waals surface area contributed by atoms with Crippen LogP contribution in [0.3, 0.4) is 0 Å². The number of benzene rings is 1. The molecule has 1 N–H and O–H groups in total. The van der Waals surface area contributed by atoms with E-state index in [0.717, 1.165) is 36.9 Å². The predicted molar refractivity (Wildman–Crippen MR) is 112 cm³/mol. The molecule has 0 saturated heterocycles. The Hall–Kier alpha value is -3.41. The third-order valence-electron chi connectivity index (χ3n) is 5.68. The molecule has 1 heterocycles. The number of rotatable bonds is 8. The number of esters is 1. The Morgan fingerprint density at radius 1 is 1.22 bits per heavy atom. The molecule has 0 atom stereocenters. The number of ether oxygens (including phenoxy) is 2. The van der Waals surface area contributed by atoms with E-state index in [0.29, 0.717) is 16.9 Å². The minimum atomic E-state index is -2.92. The largest absolute Gasteiger partial charge is 0.455 e. The fraction of sp³-hybridized carbons (Fsp3) is 0.435. The summed E-state index contributed by atoms with van der Waals surface area (Å²) < 4.78 is 35.7. The van der Waals surface area contributed by atoms with Crippen LogP contribution in [0, 0.1) is 25.2 Å². The van der Waals surface area contributed by atoms with Gasteiger partial charge in [0.15, 0.2) is 6.61 Å². The van der Waals surface area contributed by atoms with Crippen molar-refractivity contribution in [2.24, 2.45) is 0 Å². The van der Waals surface area contributed by atoms with Gasteiger partial charge in [0.1, 0.15) is 17.6 Å². The molecule has 1 fully saturated rings. The fourth-order valence-corrected chi connectivity index (χ4v) is 4.03. The molecule has 3 rings (SSSR count). The lowest BCUT2D eigenvalue weighted by Crippen LogP contribution is -2.24. The quantitative estimate of drug-likeness (QED) is 0.607. The van der Waals surface area contributed by atoms with E-state index in [1.165, 1.54) is 24.3 Å². The molecule has 1 aromatic heterocycles. The summed E-state index contributed by atoms with van der Waals surface area (Å²) in [6.45, 7) is 0.367. The van der Waals surface area contributed by atoms with E-state index in [4.69, 9.17) is 4.74 Å². The van der Waals surface area contributed by atoms with Crippen LogP contribution in [0.2, 0.25) is 0 Å². The van der Waals surface area contributed by atoms with Crippen molar-refractivity contribution in [1.29, 1.82) is 5.26 Å². The van der Waals surface area contributed by atoms with Crippen LogP contribution in [-0.2, 0) is 20.7 Å². The first-order valence-electron chi connectivity index (χ1n) is 10.4. The van der Waals surface area contributed by atoms with Gasteiger partial charge >= 0.3 is 12.6 Å². The van der Waals surface area contributed by atoms with Gasteiger partial charge < -0.3 is 19.4 Å². The Bertz CT molecular complexity index is 1020. The average molecular weight is 445 g/mol. The van der Waals surface area contributed by atoms with E-state index < -0.39 is 25.1 Å². The molecular weight excluding hydrogens is 420 g/mol. The van der Waals surface area contributed by atoms with Gasteiger partial charge in [0.2, 0.25) is 0 Å². The third kappa shape index (κ3) is 5.44. The van der Waals surface area contributed by atoms with Crippen molar-refractivity contribution in [3.8, 4) is 11.8 Å². The monoisotopic (exact) mass is 445 g/mol. The van der Waals surface area contributed by atoms with Gasteiger partial charge in [-0.1, -0.05) is 25.0 Å². The highest BCUT2D eigenvalue weighted by atomic mass is 19.3. The second-order valence-corrected chi connectivity index (χ2v) is 7.76. The number of hydrogen-bond donors (Lipinski definition) is 1. The number of anilines is 1. The molecule has 1 aliphatic carbocycles. The van der Waals surface area contributed by atoms with Crippen LogP contribution in [0.25, 0.3) is 0 Å². The van der Waals surface area contributed by atoms with Crippen molar-refractivity contribution >= 4 is 17.7 Å². The summed E-state index contributed by atoms with van der Waals surface area (Å²) in [6.07, 6.45) is 4.05. The highest BCUT2D eigenvalue weighted by Gasteiger charge is 2.26. The topological polar surface area (TPSA) is 93.3 Å². The number of halogens is 2. The molecule has 7 nitrogen and oxygen atoms in total. The van der Waals surface area contributed by atoms with Crippen LogP contribution in [0.4, 0.5) is 14.6 Å². The minimum absolute atomic E-state index is 0.0133. The predicted octanol–water partition coefficient (Wildman–Crippen LogP) is 4.42. The van der Waals surface area contributed by atoms with Crippen LogP contribution < -0.4 is 10.1 Å². The van der Waals surface area contributed by atoms with Crippen LogP contribution in [0.1, 0.15) is 54.1 Å². The first kappa shape index (κ1) is 23.3. The van der Waals surface area contributed by atoms with Crippen LogP contribution in [0.15, 0.2) is 24.3 Å². The van der Waals surface area contributed by atoms with Gasteiger partial charge in [0.05, 0.1) is 12.0 Å². The summed E-state index contributed by atoms with van der Waals surface area (Å²) in [5, 5.41) is 12.3. The second-order valence-electron chi connectivity index (χ2n) is 7.76. The lowest BCUT2D eigenvalue weighted by molar-refractivity contribution is -0.146. The Kier molecular flexibility index (Phi) is 7.46. The maximum atomic E-state index is 12.5. The molecule has 1 amide bonds. The third-order valence-corrected chi connectivity index (χ3v) is 5.68. The molecule has 32 heavy (non-hydrogen) atoms. The number of nitrogens with zero attached hydrogens (tertiary/aromatic N) is 2. The molecule has 0 unspecified atom stereocenters. The van der Waals surface area contributed by atoms with E-state index in [9.17, 15) is 23.6 Å². The zero-order valence-corrected chi connectivity index (χ0v) is 18.0. The summed E-state index contributed by atoms with van der Waals surface area (Å²) in [6, 6.07) is 7.99. The number of alkyl halides is 2. The van der Waals surface area contributed by atoms with Gasteiger partial charge in [-0.25, -0.2) is 0 Å². The molecule has 1 aromatic carbocycles. The lowest BCUT2D eigenvalue weighted by Gasteiger charge is -2.19. The van der Waals surface area contributed by atoms with Gasteiger partial charge in [-0.15, -0.1) is 0 Å². The number of aromatic nitrogens is 1. The average Bonchev–Trinajstić information content (AvgIpc) is 3.35. The molecule has 9 heteroatoms. The molecule has 170 valence electrons. The van der Waals surface area contributed by atoms with Gasteiger partial charge in [0.25, 0.3) is 5.91 Å². The minimum Gasteiger partial charge on any atom is -0.455 e. The highest BCUT2D eigenvalue weighted by Crippen LogP contribution is 2.37. The Labute approximate surface area is 184 Å². The van der Waals surface area contributed by atoms with Crippen LogP contribution >= 0.6 is 0 Å². The summed E-state index contributed by atoms with van der Waals surface area (Å²) in [7, 11) is 0. The van der Waals surface area contributed by atoms with Gasteiger partial charge in [-0.3, -0.25) is 9.59 Å². The fourth-order valence-electron chi connectivity index (χ4n) is 4.03. The second kappa shape index (κ2) is 10.3. The first-order valence-corrected chi connectivity index (χ1v) is 10.4. The number of hydrogen-bond acceptors (Lipinski definition) is 5. The zero-order valence-electron chi connectivity index (χ0n) is 18.0. The van der Waals surface area contributed by atoms with E-state index in [1.807, 2.05) is 18.4 Å². The molecule has 1 saturated carbocycles. The molecular formula is C23H25F2N3O4. The number of carbonyl (C=O) groups excluding carboxylic acids is 2. The number of carbonyl (C=O) groups is 2. The van der Waals surface area contributed by atoms with Crippen molar-refractivity contribution in [3.63, 3.8) is 0 Å². The summed E-state index contributed by atoms with van der Waals surface area (Å²) in [5.41, 5.74) is 2.72. The molecule has 2 aromatic rings.